The van der Waals surface area contributed by atoms with Crippen molar-refractivity contribution in [3.05, 3.63) is 23.9 Å². The topological polar surface area (TPSA) is 26.2 Å². The molecule has 0 saturated heterocycles. The molecule has 1 aromatic heterocycles. The van der Waals surface area contributed by atoms with Crippen molar-refractivity contribution >= 4 is 5.82 Å². The molecule has 0 aliphatic carbocycles. The Labute approximate surface area is 80.2 Å². The summed E-state index contributed by atoms with van der Waals surface area (Å²) in [6.45, 7) is 2.72. The highest BCUT2D eigenvalue weighted by atomic mass is 19.4. The number of H-pyrrole nitrogens is 1. The Balaban J connectivity index is 2.69. The first-order valence-electron chi connectivity index (χ1n) is 4.37. The van der Waals surface area contributed by atoms with Gasteiger partial charge >= 0.3 is 6.18 Å². The molecule has 0 atom stereocenters. The van der Waals surface area contributed by atoms with E-state index in [-0.39, 0.29) is 0 Å². The highest BCUT2D eigenvalue weighted by Crippen LogP contribution is 2.27. The van der Waals surface area contributed by atoms with Crippen LogP contribution in [-0.4, -0.2) is 6.54 Å². The van der Waals surface area contributed by atoms with Crippen molar-refractivity contribution in [3.63, 3.8) is 0 Å². The van der Waals surface area contributed by atoms with Crippen molar-refractivity contribution in [2.24, 2.45) is 0 Å². The maximum Gasteiger partial charge on any atom is 0.419 e. The Morgan fingerprint density at radius 2 is 2.07 bits per heavy atom. The molecule has 0 radical (unpaired) electrons. The van der Waals surface area contributed by atoms with Crippen LogP contribution in [0.1, 0.15) is 18.9 Å². The number of pyridine rings is 1. The van der Waals surface area contributed by atoms with Crippen LogP contribution in [0, 0.1) is 0 Å². The lowest BCUT2D eigenvalue weighted by atomic mass is 10.3. The lowest BCUT2D eigenvalue weighted by Gasteiger charge is -2.04. The summed E-state index contributed by atoms with van der Waals surface area (Å²) in [6, 6.07) is 2.44. The van der Waals surface area contributed by atoms with E-state index in [9.17, 15) is 13.2 Å². The number of rotatable bonds is 3. The zero-order valence-corrected chi connectivity index (χ0v) is 7.78. The molecule has 0 fully saturated rings. The van der Waals surface area contributed by atoms with Gasteiger partial charge in [-0.15, -0.1) is 0 Å². The normalized spacial score (nSPS) is 11.4. The van der Waals surface area contributed by atoms with E-state index in [1.54, 1.807) is 0 Å². The summed E-state index contributed by atoms with van der Waals surface area (Å²) >= 11 is 0. The van der Waals surface area contributed by atoms with E-state index in [1.165, 1.54) is 6.07 Å². The maximum absolute atomic E-state index is 12.1. The zero-order valence-electron chi connectivity index (χ0n) is 7.78. The van der Waals surface area contributed by atoms with Crippen LogP contribution in [0.3, 0.4) is 0 Å². The predicted molar refractivity (Wildman–Crippen MR) is 46.8 cm³/mol. The molecule has 0 amide bonds. The summed E-state index contributed by atoms with van der Waals surface area (Å²) in [5, 5.41) is 2.95. The van der Waals surface area contributed by atoms with E-state index in [2.05, 4.69) is 10.3 Å². The van der Waals surface area contributed by atoms with Crippen molar-refractivity contribution in [1.82, 2.24) is 0 Å². The summed E-state index contributed by atoms with van der Waals surface area (Å²) in [4.78, 5) is 2.55. The molecule has 0 spiro atoms. The Bertz CT molecular complexity index is 279. The second-order valence-corrected chi connectivity index (χ2v) is 2.92. The third kappa shape index (κ3) is 2.90. The molecule has 1 aromatic rings. The number of aromatic amines is 1. The first-order valence-corrected chi connectivity index (χ1v) is 4.37. The molecule has 2 nitrogen and oxygen atoms in total. The van der Waals surface area contributed by atoms with E-state index in [0.717, 1.165) is 25.2 Å². The molecule has 2 N–H and O–H groups in total. The summed E-state index contributed by atoms with van der Waals surface area (Å²) in [5.74, 6) is 0.597. The number of hydrogen-bond acceptors (Lipinski definition) is 1. The molecule has 1 heterocycles. The first kappa shape index (κ1) is 10.8. The number of hydrogen-bond donors (Lipinski definition) is 1. The Kier molecular flexibility index (Phi) is 3.33. The van der Waals surface area contributed by atoms with E-state index in [4.69, 9.17) is 0 Å². The minimum atomic E-state index is -4.28. The highest BCUT2D eigenvalue weighted by molar-refractivity contribution is 5.29. The van der Waals surface area contributed by atoms with Gasteiger partial charge in [-0.25, -0.2) is 4.98 Å². The molecule has 14 heavy (non-hydrogen) atoms. The monoisotopic (exact) mass is 205 g/mol. The zero-order chi connectivity index (χ0) is 10.6. The van der Waals surface area contributed by atoms with Gasteiger partial charge in [0.2, 0.25) is 0 Å². The molecular formula is C9H12F3N2+. The van der Waals surface area contributed by atoms with Crippen LogP contribution in [0.5, 0.6) is 0 Å². The van der Waals surface area contributed by atoms with E-state index in [0.29, 0.717) is 5.82 Å². The third-order valence-electron chi connectivity index (χ3n) is 1.71. The van der Waals surface area contributed by atoms with Crippen LogP contribution < -0.4 is 10.3 Å². The SMILES string of the molecule is CCCNc1ccc(C(F)(F)F)c[nH+]1. The first-order chi connectivity index (χ1) is 6.54. The van der Waals surface area contributed by atoms with Crippen LogP contribution in [-0.2, 0) is 6.18 Å². The fourth-order valence-electron chi connectivity index (χ4n) is 0.971. The van der Waals surface area contributed by atoms with Gasteiger partial charge in [-0.3, -0.25) is 5.32 Å². The summed E-state index contributed by atoms with van der Waals surface area (Å²) in [7, 11) is 0. The van der Waals surface area contributed by atoms with E-state index in [1.807, 2.05) is 6.92 Å². The lowest BCUT2D eigenvalue weighted by Crippen LogP contribution is -2.17. The molecule has 0 aliphatic heterocycles. The van der Waals surface area contributed by atoms with Crippen LogP contribution in [0.15, 0.2) is 18.3 Å². The number of alkyl halides is 3. The van der Waals surface area contributed by atoms with E-state index < -0.39 is 11.7 Å². The number of aromatic nitrogens is 1. The highest BCUT2D eigenvalue weighted by Gasteiger charge is 2.31. The second-order valence-electron chi connectivity index (χ2n) is 2.92. The molecular weight excluding hydrogens is 193 g/mol. The quantitative estimate of drug-likeness (QED) is 0.805. The Morgan fingerprint density at radius 3 is 2.50 bits per heavy atom. The standard InChI is InChI=1S/C9H11F3N2/c1-2-5-13-8-4-3-7(6-14-8)9(10,11)12/h3-4,6H,2,5H2,1H3,(H,13,14)/p+1. The maximum atomic E-state index is 12.1. The summed E-state index contributed by atoms with van der Waals surface area (Å²) in [6.07, 6.45) is -2.40. The van der Waals surface area contributed by atoms with Crippen LogP contribution >= 0.6 is 0 Å². The van der Waals surface area contributed by atoms with Gasteiger partial charge in [0.1, 0.15) is 6.20 Å². The summed E-state index contributed by atoms with van der Waals surface area (Å²) in [5.41, 5.74) is -0.667. The van der Waals surface area contributed by atoms with E-state index >= 15 is 0 Å². The molecule has 0 aliphatic rings. The number of nitrogens with one attached hydrogen (secondary N) is 2. The van der Waals surface area contributed by atoms with Gasteiger partial charge in [-0.1, -0.05) is 6.92 Å². The Hall–Kier alpha value is -1.26. The van der Waals surface area contributed by atoms with Crippen molar-refractivity contribution in [2.45, 2.75) is 19.5 Å². The molecule has 1 rings (SSSR count). The molecule has 0 bridgehead atoms. The molecule has 0 aromatic carbocycles. The third-order valence-corrected chi connectivity index (χ3v) is 1.71. The van der Waals surface area contributed by atoms with Crippen molar-refractivity contribution in [3.8, 4) is 0 Å². The van der Waals surface area contributed by atoms with Gasteiger partial charge in [-0.05, 0) is 12.5 Å². The van der Waals surface area contributed by atoms with Gasteiger partial charge in [0.05, 0.1) is 12.1 Å². The van der Waals surface area contributed by atoms with Gasteiger partial charge in [-0.2, -0.15) is 13.2 Å². The van der Waals surface area contributed by atoms with Gasteiger partial charge in [0, 0.05) is 6.07 Å². The minimum Gasteiger partial charge on any atom is -0.275 e. The molecule has 0 unspecified atom stereocenters. The lowest BCUT2D eigenvalue weighted by molar-refractivity contribution is -0.364. The van der Waals surface area contributed by atoms with Crippen molar-refractivity contribution < 1.29 is 18.2 Å². The number of halogens is 3. The smallest absolute Gasteiger partial charge is 0.275 e. The van der Waals surface area contributed by atoms with Crippen molar-refractivity contribution in [1.29, 1.82) is 0 Å². The predicted octanol–water partition coefficient (Wildman–Crippen LogP) is 2.34. The molecule has 5 heteroatoms. The van der Waals surface area contributed by atoms with Gasteiger partial charge in [0.25, 0.3) is 5.82 Å². The second kappa shape index (κ2) is 4.30. The largest absolute Gasteiger partial charge is 0.419 e. The minimum absolute atomic E-state index is 0.597. The van der Waals surface area contributed by atoms with Gasteiger partial charge < -0.3 is 0 Å². The average Bonchev–Trinajstić information content (AvgIpc) is 2.14. The van der Waals surface area contributed by atoms with Crippen molar-refractivity contribution in [2.75, 3.05) is 11.9 Å². The molecule has 78 valence electrons. The molecule has 0 saturated carbocycles. The average molecular weight is 205 g/mol. The fourth-order valence-corrected chi connectivity index (χ4v) is 0.971. The van der Waals surface area contributed by atoms with Crippen LogP contribution in [0.2, 0.25) is 0 Å². The van der Waals surface area contributed by atoms with Gasteiger partial charge in [0.15, 0.2) is 0 Å². The number of anilines is 1. The summed E-state index contributed by atoms with van der Waals surface area (Å²) < 4.78 is 36.4. The van der Waals surface area contributed by atoms with Crippen LogP contribution in [0.25, 0.3) is 0 Å². The van der Waals surface area contributed by atoms with Crippen LogP contribution in [0.4, 0.5) is 19.0 Å². The fraction of sp³-hybridized carbons (Fsp3) is 0.444. The Morgan fingerprint density at radius 1 is 1.36 bits per heavy atom.